The lowest BCUT2D eigenvalue weighted by molar-refractivity contribution is -0.192. The van der Waals surface area contributed by atoms with Gasteiger partial charge in [0.15, 0.2) is 0 Å². The molecule has 2 aliphatic heterocycles. The number of fused-ring (bicyclic) bond motifs is 2. The third-order valence-corrected chi connectivity index (χ3v) is 4.93. The van der Waals surface area contributed by atoms with Gasteiger partial charge in [0.1, 0.15) is 11.4 Å². The second kappa shape index (κ2) is 4.22. The third-order valence-electron chi connectivity index (χ3n) is 4.93. The number of benzene rings is 1. The van der Waals surface area contributed by atoms with Gasteiger partial charge in [0.05, 0.1) is 12.2 Å². The minimum absolute atomic E-state index is 0.0721. The minimum Gasteiger partial charge on any atom is -0.493 e. The summed E-state index contributed by atoms with van der Waals surface area (Å²) in [4.78, 5) is 0. The highest BCUT2D eigenvalue weighted by molar-refractivity contribution is 5.40. The van der Waals surface area contributed by atoms with Crippen molar-refractivity contribution in [2.45, 2.75) is 43.3 Å². The lowest BCUT2D eigenvalue weighted by Crippen LogP contribution is -2.59. The Hall–Kier alpha value is -1.06. The van der Waals surface area contributed by atoms with Crippen LogP contribution in [0.4, 0.5) is 0 Å². The standard InChI is InChI=1S/C16H21NO2/c1-2-6-14-13(5-1)16(9-10-18-14)12-17-11-15(19-16)7-3-4-8-15/h1-2,5-6,17H,3-4,7-12H2. The highest BCUT2D eigenvalue weighted by Crippen LogP contribution is 2.47. The van der Waals surface area contributed by atoms with E-state index in [2.05, 4.69) is 23.5 Å². The maximum Gasteiger partial charge on any atom is 0.125 e. The molecule has 2 heterocycles. The molecule has 0 radical (unpaired) electrons. The quantitative estimate of drug-likeness (QED) is 0.777. The Morgan fingerprint density at radius 1 is 1.00 bits per heavy atom. The smallest absolute Gasteiger partial charge is 0.125 e. The summed E-state index contributed by atoms with van der Waals surface area (Å²) in [5.41, 5.74) is 1.14. The van der Waals surface area contributed by atoms with Gasteiger partial charge < -0.3 is 14.8 Å². The van der Waals surface area contributed by atoms with Crippen LogP contribution in [0.2, 0.25) is 0 Å². The van der Waals surface area contributed by atoms with Crippen molar-refractivity contribution >= 4 is 0 Å². The molecule has 1 saturated carbocycles. The summed E-state index contributed by atoms with van der Waals surface area (Å²) in [5.74, 6) is 1.01. The molecule has 1 aromatic rings. The van der Waals surface area contributed by atoms with Crippen molar-refractivity contribution in [1.82, 2.24) is 5.32 Å². The number of hydrogen-bond acceptors (Lipinski definition) is 3. The van der Waals surface area contributed by atoms with Crippen LogP contribution in [0.25, 0.3) is 0 Å². The molecule has 2 fully saturated rings. The molecule has 4 rings (SSSR count). The zero-order valence-corrected chi connectivity index (χ0v) is 11.3. The number of para-hydroxylation sites is 1. The third kappa shape index (κ3) is 1.79. The summed E-state index contributed by atoms with van der Waals surface area (Å²) in [6.07, 6.45) is 5.96. The summed E-state index contributed by atoms with van der Waals surface area (Å²) in [7, 11) is 0. The largest absolute Gasteiger partial charge is 0.493 e. The van der Waals surface area contributed by atoms with Gasteiger partial charge in [0.2, 0.25) is 0 Å². The lowest BCUT2D eigenvalue weighted by Gasteiger charge is -2.49. The summed E-state index contributed by atoms with van der Waals surface area (Å²) >= 11 is 0. The Balaban J connectivity index is 1.74. The van der Waals surface area contributed by atoms with Gasteiger partial charge in [-0.05, 0) is 18.9 Å². The first-order chi connectivity index (χ1) is 9.32. The molecule has 1 aromatic carbocycles. The average molecular weight is 259 g/mol. The zero-order valence-electron chi connectivity index (χ0n) is 11.3. The van der Waals surface area contributed by atoms with E-state index in [9.17, 15) is 0 Å². The molecule has 0 amide bonds. The monoisotopic (exact) mass is 259 g/mol. The van der Waals surface area contributed by atoms with E-state index >= 15 is 0 Å². The Morgan fingerprint density at radius 3 is 2.74 bits per heavy atom. The molecule has 1 aliphatic carbocycles. The molecular weight excluding hydrogens is 238 g/mol. The van der Waals surface area contributed by atoms with Crippen LogP contribution in [-0.2, 0) is 10.3 Å². The maximum atomic E-state index is 6.75. The van der Waals surface area contributed by atoms with E-state index in [1.807, 2.05) is 6.07 Å². The fraction of sp³-hybridized carbons (Fsp3) is 0.625. The molecule has 3 heteroatoms. The van der Waals surface area contributed by atoms with E-state index in [-0.39, 0.29) is 11.2 Å². The van der Waals surface area contributed by atoms with E-state index in [1.165, 1.54) is 31.2 Å². The first-order valence-electron chi connectivity index (χ1n) is 7.45. The second-order valence-electron chi connectivity index (χ2n) is 6.18. The van der Waals surface area contributed by atoms with Gasteiger partial charge >= 0.3 is 0 Å². The molecule has 1 N–H and O–H groups in total. The fourth-order valence-electron chi connectivity index (χ4n) is 4.00. The van der Waals surface area contributed by atoms with Crippen LogP contribution >= 0.6 is 0 Å². The van der Waals surface area contributed by atoms with E-state index in [4.69, 9.17) is 9.47 Å². The fourth-order valence-corrected chi connectivity index (χ4v) is 4.00. The molecule has 1 saturated heterocycles. The zero-order chi connectivity index (χ0) is 12.8. The Bertz CT molecular complexity index is 481. The molecule has 0 bridgehead atoms. The highest BCUT2D eigenvalue weighted by Gasteiger charge is 2.49. The average Bonchev–Trinajstić information content (AvgIpc) is 2.87. The van der Waals surface area contributed by atoms with Crippen LogP contribution in [0.5, 0.6) is 5.75 Å². The predicted octanol–water partition coefficient (Wildman–Crippen LogP) is 2.60. The minimum atomic E-state index is -0.169. The van der Waals surface area contributed by atoms with Crippen molar-refractivity contribution in [1.29, 1.82) is 0 Å². The Morgan fingerprint density at radius 2 is 1.84 bits per heavy atom. The van der Waals surface area contributed by atoms with Gasteiger partial charge in [-0.3, -0.25) is 0 Å². The molecule has 3 aliphatic rings. The van der Waals surface area contributed by atoms with Crippen LogP contribution in [0.3, 0.4) is 0 Å². The van der Waals surface area contributed by atoms with Gasteiger partial charge in [0, 0.05) is 25.1 Å². The second-order valence-corrected chi connectivity index (χ2v) is 6.18. The Kier molecular flexibility index (Phi) is 2.61. The van der Waals surface area contributed by atoms with Crippen LogP contribution in [0.1, 0.15) is 37.7 Å². The predicted molar refractivity (Wildman–Crippen MR) is 73.4 cm³/mol. The first kappa shape index (κ1) is 11.7. The summed E-state index contributed by atoms with van der Waals surface area (Å²) in [6, 6.07) is 8.37. The molecule has 1 atom stereocenters. The lowest BCUT2D eigenvalue weighted by atomic mass is 9.84. The molecule has 3 nitrogen and oxygen atoms in total. The Labute approximate surface area is 114 Å². The topological polar surface area (TPSA) is 30.5 Å². The van der Waals surface area contributed by atoms with Crippen molar-refractivity contribution in [3.63, 3.8) is 0 Å². The number of hydrogen-bond donors (Lipinski definition) is 1. The normalized spacial score (nSPS) is 32.2. The van der Waals surface area contributed by atoms with Crippen LogP contribution in [-0.4, -0.2) is 25.3 Å². The summed E-state index contributed by atoms with van der Waals surface area (Å²) in [6.45, 7) is 2.68. The van der Waals surface area contributed by atoms with Crippen LogP contribution in [0.15, 0.2) is 24.3 Å². The van der Waals surface area contributed by atoms with Crippen LogP contribution in [0, 0.1) is 0 Å². The van der Waals surface area contributed by atoms with Gasteiger partial charge in [-0.1, -0.05) is 31.0 Å². The first-order valence-corrected chi connectivity index (χ1v) is 7.45. The summed E-state index contributed by atoms with van der Waals surface area (Å²) in [5, 5.41) is 3.64. The van der Waals surface area contributed by atoms with Gasteiger partial charge in [-0.2, -0.15) is 0 Å². The number of ether oxygens (including phenoxy) is 2. The van der Waals surface area contributed by atoms with Gasteiger partial charge in [-0.15, -0.1) is 0 Å². The molecule has 0 aromatic heterocycles. The van der Waals surface area contributed by atoms with Gasteiger partial charge in [-0.25, -0.2) is 0 Å². The van der Waals surface area contributed by atoms with Crippen molar-refractivity contribution in [2.75, 3.05) is 19.7 Å². The van der Waals surface area contributed by atoms with Crippen LogP contribution < -0.4 is 10.1 Å². The number of rotatable bonds is 0. The number of nitrogens with one attached hydrogen (secondary N) is 1. The van der Waals surface area contributed by atoms with Crippen molar-refractivity contribution in [3.05, 3.63) is 29.8 Å². The molecule has 1 unspecified atom stereocenters. The SMILES string of the molecule is c1ccc2c(c1)OCCC21CNCC2(CCCC2)O1. The molecular formula is C16H21NO2. The van der Waals surface area contributed by atoms with Crippen molar-refractivity contribution < 1.29 is 9.47 Å². The van der Waals surface area contributed by atoms with E-state index in [1.54, 1.807) is 0 Å². The van der Waals surface area contributed by atoms with E-state index < -0.39 is 0 Å². The molecule has 102 valence electrons. The molecule has 2 spiro atoms. The molecule has 19 heavy (non-hydrogen) atoms. The highest BCUT2D eigenvalue weighted by atomic mass is 16.5. The van der Waals surface area contributed by atoms with Crippen molar-refractivity contribution in [3.8, 4) is 5.75 Å². The summed E-state index contributed by atoms with van der Waals surface area (Å²) < 4.78 is 12.5. The van der Waals surface area contributed by atoms with E-state index in [0.29, 0.717) is 0 Å². The number of morpholine rings is 1. The van der Waals surface area contributed by atoms with E-state index in [0.717, 1.165) is 31.9 Å². The van der Waals surface area contributed by atoms with Crippen molar-refractivity contribution in [2.24, 2.45) is 0 Å². The maximum absolute atomic E-state index is 6.75. The van der Waals surface area contributed by atoms with Gasteiger partial charge in [0.25, 0.3) is 0 Å².